The predicted octanol–water partition coefficient (Wildman–Crippen LogP) is 1.92. The number of aromatic nitrogens is 1. The van der Waals surface area contributed by atoms with Gasteiger partial charge in [0.2, 0.25) is 5.52 Å². The van der Waals surface area contributed by atoms with Crippen molar-refractivity contribution in [2.75, 3.05) is 65.3 Å². The maximum atomic E-state index is 5.79. The lowest BCUT2D eigenvalue weighted by Gasteiger charge is -2.12. The summed E-state index contributed by atoms with van der Waals surface area (Å²) in [5.74, 6) is 0. The van der Waals surface area contributed by atoms with Gasteiger partial charge in [-0.3, -0.25) is 0 Å². The maximum Gasteiger partial charge on any atom is 0.213 e. The van der Waals surface area contributed by atoms with Crippen LogP contribution in [0.4, 0.5) is 5.69 Å². The number of para-hydroxylation sites is 2. The lowest BCUT2D eigenvalue weighted by Crippen LogP contribution is -3.00. The molecule has 0 aliphatic carbocycles. The van der Waals surface area contributed by atoms with E-state index >= 15 is 0 Å². The molecule has 1 aliphatic heterocycles. The smallest absolute Gasteiger partial charge is 0.213 e. The molecular weight excluding hydrogens is 599 g/mol. The molecule has 37 heavy (non-hydrogen) atoms. The van der Waals surface area contributed by atoms with Crippen molar-refractivity contribution in [2.45, 2.75) is 11.4 Å². The van der Waals surface area contributed by atoms with Crippen molar-refractivity contribution in [2.24, 2.45) is 0 Å². The van der Waals surface area contributed by atoms with Gasteiger partial charge in [0, 0.05) is 31.2 Å². The fraction of sp³-hybridized carbons (Fsp3) is 0.345. The molecule has 1 aliphatic rings. The topological polar surface area (TPSA) is 44.0 Å². The third kappa shape index (κ3) is 8.53. The zero-order valence-electron chi connectivity index (χ0n) is 21.5. The van der Waals surface area contributed by atoms with E-state index in [1.54, 1.807) is 18.9 Å². The van der Waals surface area contributed by atoms with E-state index in [4.69, 9.17) is 18.9 Å². The van der Waals surface area contributed by atoms with Crippen LogP contribution >= 0.6 is 11.8 Å². The molecule has 0 spiro atoms. The van der Waals surface area contributed by atoms with Gasteiger partial charge in [-0.25, -0.2) is 0 Å². The molecule has 3 aromatic rings. The molecular formula is C29H35IN2O4S. The van der Waals surface area contributed by atoms with Gasteiger partial charge >= 0.3 is 0 Å². The molecule has 0 amide bonds. The minimum Gasteiger partial charge on any atom is -1.00 e. The van der Waals surface area contributed by atoms with Gasteiger partial charge in [0.25, 0.3) is 0 Å². The Kier molecular flexibility index (Phi) is 12.9. The zero-order chi connectivity index (χ0) is 25.0. The molecule has 0 atom stereocenters. The number of hydrogen-bond acceptors (Lipinski definition) is 6. The number of fused-ring (bicyclic) bond motifs is 2. The van der Waals surface area contributed by atoms with Gasteiger partial charge < -0.3 is 47.8 Å². The highest BCUT2D eigenvalue weighted by molar-refractivity contribution is 8.03. The highest BCUT2D eigenvalue weighted by Crippen LogP contribution is 2.44. The fourth-order valence-electron chi connectivity index (χ4n) is 4.00. The van der Waals surface area contributed by atoms with Crippen LogP contribution in [0.5, 0.6) is 0 Å². The summed E-state index contributed by atoms with van der Waals surface area (Å²) >= 11 is 1.80. The number of halogens is 1. The van der Waals surface area contributed by atoms with Crippen molar-refractivity contribution in [3.05, 3.63) is 83.5 Å². The first-order valence-electron chi connectivity index (χ1n) is 12.3. The number of allylic oxidation sites excluding steroid dienone is 2. The molecule has 0 bridgehead atoms. The number of benzene rings is 2. The molecule has 4 rings (SSSR count). The van der Waals surface area contributed by atoms with E-state index < -0.39 is 0 Å². The highest BCUT2D eigenvalue weighted by Gasteiger charge is 2.20. The summed E-state index contributed by atoms with van der Waals surface area (Å²) in [6.45, 7) is 4.91. The lowest BCUT2D eigenvalue weighted by atomic mass is 10.1. The van der Waals surface area contributed by atoms with Crippen molar-refractivity contribution < 1.29 is 47.5 Å². The predicted molar refractivity (Wildman–Crippen MR) is 146 cm³/mol. The molecule has 2 heterocycles. The number of rotatable bonds is 14. The van der Waals surface area contributed by atoms with Crippen LogP contribution in [0.1, 0.15) is 5.56 Å². The van der Waals surface area contributed by atoms with E-state index in [0.29, 0.717) is 46.2 Å². The second-order valence-corrected chi connectivity index (χ2v) is 9.37. The molecule has 1 aromatic heterocycles. The first-order valence-corrected chi connectivity index (χ1v) is 13.1. The van der Waals surface area contributed by atoms with Crippen molar-refractivity contribution in [1.29, 1.82) is 0 Å². The largest absolute Gasteiger partial charge is 1.00 e. The first-order chi connectivity index (χ1) is 17.8. The summed E-state index contributed by atoms with van der Waals surface area (Å²) in [6.07, 6.45) is 8.65. The van der Waals surface area contributed by atoms with Crippen molar-refractivity contribution in [3.63, 3.8) is 0 Å². The maximum absolute atomic E-state index is 5.79. The van der Waals surface area contributed by atoms with Crippen LogP contribution in [-0.2, 0) is 25.5 Å². The van der Waals surface area contributed by atoms with E-state index in [1.165, 1.54) is 32.1 Å². The fourth-order valence-corrected chi connectivity index (χ4v) is 5.06. The second kappa shape index (κ2) is 16.1. The van der Waals surface area contributed by atoms with Gasteiger partial charge in [-0.05, 0) is 29.8 Å². The summed E-state index contributed by atoms with van der Waals surface area (Å²) in [5, 5.41) is 2.45. The van der Waals surface area contributed by atoms with Crippen LogP contribution in [0.15, 0.2) is 82.9 Å². The van der Waals surface area contributed by atoms with E-state index in [0.717, 1.165) is 6.54 Å². The van der Waals surface area contributed by atoms with Crippen LogP contribution in [0.3, 0.4) is 0 Å². The van der Waals surface area contributed by atoms with Crippen LogP contribution in [0.2, 0.25) is 0 Å². The number of anilines is 1. The van der Waals surface area contributed by atoms with Crippen molar-refractivity contribution in [3.8, 4) is 0 Å². The van der Waals surface area contributed by atoms with Crippen LogP contribution in [0, 0.1) is 0 Å². The minimum absolute atomic E-state index is 0. The van der Waals surface area contributed by atoms with Crippen molar-refractivity contribution >= 4 is 34.4 Å². The van der Waals surface area contributed by atoms with Gasteiger partial charge in [0.1, 0.15) is 6.61 Å². The number of nitrogens with zero attached hydrogens (tertiary/aromatic N) is 2. The Hall–Kier alpha value is -1.95. The molecule has 0 saturated carbocycles. The molecule has 0 unspecified atom stereocenters. The summed E-state index contributed by atoms with van der Waals surface area (Å²) in [6, 6.07) is 19.2. The molecule has 0 N–H and O–H groups in total. The number of thioether (sulfide) groups is 1. The summed E-state index contributed by atoms with van der Waals surface area (Å²) < 4.78 is 23.9. The average molecular weight is 635 g/mol. The Morgan fingerprint density at radius 3 is 2.27 bits per heavy atom. The molecule has 198 valence electrons. The first kappa shape index (κ1) is 29.6. The van der Waals surface area contributed by atoms with E-state index in [2.05, 4.69) is 95.5 Å². The number of methoxy groups -OCH3 is 1. The average Bonchev–Trinajstić information content (AvgIpc) is 3.23. The van der Waals surface area contributed by atoms with Crippen molar-refractivity contribution in [1.82, 2.24) is 0 Å². The Morgan fingerprint density at radius 2 is 1.51 bits per heavy atom. The SMILES string of the molecule is COCCOCCOCCOCC[n+]1ccc(C=CC=C2Sc3ccccc3N2C)c2ccccc21.[I-]. The second-order valence-electron chi connectivity index (χ2n) is 8.30. The van der Waals surface area contributed by atoms with E-state index in [1.807, 2.05) is 0 Å². The summed E-state index contributed by atoms with van der Waals surface area (Å²) in [7, 11) is 3.78. The number of ether oxygens (including phenoxy) is 4. The van der Waals surface area contributed by atoms with Gasteiger partial charge in [-0.2, -0.15) is 4.57 Å². The number of hydrogen-bond donors (Lipinski definition) is 0. The third-order valence-corrected chi connectivity index (χ3v) is 7.08. The van der Waals surface area contributed by atoms with Crippen LogP contribution in [-0.4, -0.2) is 60.4 Å². The molecule has 8 heteroatoms. The zero-order valence-corrected chi connectivity index (χ0v) is 24.5. The van der Waals surface area contributed by atoms with Crippen LogP contribution in [0.25, 0.3) is 17.0 Å². The quantitative estimate of drug-likeness (QED) is 0.154. The monoisotopic (exact) mass is 634 g/mol. The van der Waals surface area contributed by atoms with Gasteiger partial charge in [0.05, 0.1) is 55.7 Å². The Bertz CT molecular complexity index is 1190. The molecule has 0 saturated heterocycles. The third-order valence-electron chi connectivity index (χ3n) is 5.90. The minimum atomic E-state index is 0. The van der Waals surface area contributed by atoms with E-state index in [9.17, 15) is 0 Å². The molecule has 6 nitrogen and oxygen atoms in total. The Labute approximate surface area is 241 Å². The van der Waals surface area contributed by atoms with E-state index in [-0.39, 0.29) is 24.0 Å². The normalized spacial score (nSPS) is 14.0. The van der Waals surface area contributed by atoms with Crippen LogP contribution < -0.4 is 33.4 Å². The lowest BCUT2D eigenvalue weighted by molar-refractivity contribution is -0.673. The number of pyridine rings is 1. The van der Waals surface area contributed by atoms with Gasteiger partial charge in [-0.15, -0.1) is 0 Å². The Morgan fingerprint density at radius 1 is 0.838 bits per heavy atom. The Balaban J connectivity index is 0.00000380. The molecule has 0 fully saturated rings. The summed E-state index contributed by atoms with van der Waals surface area (Å²) in [4.78, 5) is 3.54. The molecule has 0 radical (unpaired) electrons. The highest BCUT2D eigenvalue weighted by atomic mass is 127. The summed E-state index contributed by atoms with van der Waals surface area (Å²) in [5.41, 5.74) is 3.65. The molecule has 2 aromatic carbocycles. The van der Waals surface area contributed by atoms with Gasteiger partial charge in [-0.1, -0.05) is 48.2 Å². The van der Waals surface area contributed by atoms with Gasteiger partial charge in [0.15, 0.2) is 12.7 Å². The standard InChI is InChI=1S/C29H35N2O4S.HI/c1-30-27-11-5-6-12-28(27)36-29(30)13-7-8-24-14-15-31(26-10-4-3-9-25(24)26)16-17-33-20-21-35-23-22-34-19-18-32-2;/h3-15H,16-23H2,1-2H3;1H/q+1;/p-1.